The lowest BCUT2D eigenvalue weighted by atomic mass is 9.88. The third-order valence-electron chi connectivity index (χ3n) is 5.93. The summed E-state index contributed by atoms with van der Waals surface area (Å²) >= 11 is 0. The van der Waals surface area contributed by atoms with Crippen LogP contribution in [0.3, 0.4) is 0 Å². The first-order valence-electron chi connectivity index (χ1n) is 10.6. The molecule has 0 saturated carbocycles. The lowest BCUT2D eigenvalue weighted by Gasteiger charge is -2.34. The number of imidazole rings is 1. The summed E-state index contributed by atoms with van der Waals surface area (Å²) in [4.78, 5) is 6.53. The number of rotatable bonds is 10. The van der Waals surface area contributed by atoms with E-state index in [9.17, 15) is 13.5 Å². The molecule has 30 heavy (non-hydrogen) atoms. The molecule has 0 radical (unpaired) electrons. The van der Waals surface area contributed by atoms with Crippen LogP contribution in [0.4, 0.5) is 0 Å². The summed E-state index contributed by atoms with van der Waals surface area (Å²) < 4.78 is 31.7. The molecular weight excluding hydrogens is 402 g/mol. The zero-order valence-corrected chi connectivity index (χ0v) is 18.7. The summed E-state index contributed by atoms with van der Waals surface area (Å²) in [6.07, 6.45) is 3.89. The predicted molar refractivity (Wildman–Crippen MR) is 116 cm³/mol. The molecule has 1 aromatic heterocycles. The minimum atomic E-state index is -3.38. The van der Waals surface area contributed by atoms with Gasteiger partial charge < -0.3 is 14.4 Å². The first kappa shape index (κ1) is 22.9. The number of sulfone groups is 1. The number of hydrogen-bond acceptors (Lipinski definition) is 6. The Morgan fingerprint density at radius 2 is 1.93 bits per heavy atom. The monoisotopic (exact) mass is 435 g/mol. The Morgan fingerprint density at radius 3 is 2.57 bits per heavy atom. The number of piperidine rings is 1. The molecule has 0 bridgehead atoms. The summed E-state index contributed by atoms with van der Waals surface area (Å²) in [5, 5.41) is 10.8. The van der Waals surface area contributed by atoms with Gasteiger partial charge in [-0.2, -0.15) is 0 Å². The van der Waals surface area contributed by atoms with Crippen LogP contribution in [-0.4, -0.2) is 66.6 Å². The second kappa shape index (κ2) is 10.5. The topological polar surface area (TPSA) is 84.7 Å². The van der Waals surface area contributed by atoms with Crippen molar-refractivity contribution >= 4 is 9.84 Å². The molecule has 3 rings (SSSR count). The molecule has 0 aliphatic carbocycles. The molecule has 7 nitrogen and oxygen atoms in total. The molecule has 0 amide bonds. The molecule has 166 valence electrons. The first-order chi connectivity index (χ1) is 14.4. The van der Waals surface area contributed by atoms with Crippen LogP contribution in [0.15, 0.2) is 41.7 Å². The Balaban J connectivity index is 1.60. The molecule has 2 aromatic rings. The summed E-state index contributed by atoms with van der Waals surface area (Å²) in [5.74, 6) is 0.317. The van der Waals surface area contributed by atoms with Gasteiger partial charge in [-0.1, -0.05) is 37.3 Å². The van der Waals surface area contributed by atoms with E-state index in [0.717, 1.165) is 31.6 Å². The Morgan fingerprint density at radius 1 is 1.23 bits per heavy atom. The SMILES string of the molecule is CCS(=O)(=O)c1ncc(CN2CCC(C(O)Cc3ccccc3)CC2)n1CCOC. The number of benzene rings is 1. The van der Waals surface area contributed by atoms with Crippen molar-refractivity contribution < 1.29 is 18.3 Å². The van der Waals surface area contributed by atoms with Gasteiger partial charge in [0.15, 0.2) is 0 Å². The molecule has 1 fully saturated rings. The molecule has 1 aliphatic heterocycles. The fraction of sp³-hybridized carbons (Fsp3) is 0.591. The number of likely N-dealkylation sites (tertiary alicyclic amines) is 1. The third kappa shape index (κ3) is 5.69. The maximum atomic E-state index is 12.4. The number of ether oxygens (including phenoxy) is 1. The highest BCUT2D eigenvalue weighted by molar-refractivity contribution is 7.91. The van der Waals surface area contributed by atoms with Crippen molar-refractivity contribution in [3.63, 3.8) is 0 Å². The molecular formula is C22H33N3O4S. The Hall–Kier alpha value is -1.74. The van der Waals surface area contributed by atoms with Crippen molar-refractivity contribution in [2.75, 3.05) is 32.6 Å². The Kier molecular flexibility index (Phi) is 8.05. The van der Waals surface area contributed by atoms with Crippen LogP contribution in [0, 0.1) is 5.92 Å². The van der Waals surface area contributed by atoms with Gasteiger partial charge in [-0.15, -0.1) is 0 Å². The van der Waals surface area contributed by atoms with Gasteiger partial charge >= 0.3 is 0 Å². The Bertz CT molecular complexity index is 890. The average Bonchev–Trinajstić information content (AvgIpc) is 3.16. The maximum Gasteiger partial charge on any atom is 0.227 e. The lowest BCUT2D eigenvalue weighted by molar-refractivity contribution is 0.0568. The first-order valence-corrected chi connectivity index (χ1v) is 12.3. The second-order valence-corrected chi connectivity index (χ2v) is 10.1. The smallest absolute Gasteiger partial charge is 0.227 e. The van der Waals surface area contributed by atoms with Crippen LogP contribution in [0.1, 0.15) is 31.0 Å². The van der Waals surface area contributed by atoms with Gasteiger partial charge in [-0.25, -0.2) is 13.4 Å². The highest BCUT2D eigenvalue weighted by Crippen LogP contribution is 2.25. The molecule has 1 saturated heterocycles. The van der Waals surface area contributed by atoms with Crippen LogP contribution in [0.5, 0.6) is 0 Å². The predicted octanol–water partition coefficient (Wildman–Crippen LogP) is 2.14. The number of aromatic nitrogens is 2. The highest BCUT2D eigenvalue weighted by Gasteiger charge is 2.27. The largest absolute Gasteiger partial charge is 0.392 e. The zero-order chi connectivity index (χ0) is 21.6. The van der Waals surface area contributed by atoms with Crippen molar-refractivity contribution in [1.29, 1.82) is 0 Å². The Labute approximate surface area is 179 Å². The third-order valence-corrected chi connectivity index (χ3v) is 7.57. The van der Waals surface area contributed by atoms with E-state index < -0.39 is 9.84 Å². The van der Waals surface area contributed by atoms with Gasteiger partial charge in [-0.3, -0.25) is 4.90 Å². The number of hydrogen-bond donors (Lipinski definition) is 1. The minimum Gasteiger partial charge on any atom is -0.392 e. The van der Waals surface area contributed by atoms with Crippen molar-refractivity contribution in [1.82, 2.24) is 14.5 Å². The van der Waals surface area contributed by atoms with Crippen molar-refractivity contribution in [3.05, 3.63) is 47.8 Å². The van der Waals surface area contributed by atoms with Gasteiger partial charge in [0.25, 0.3) is 0 Å². The summed E-state index contributed by atoms with van der Waals surface area (Å²) in [7, 11) is -1.78. The number of aliphatic hydroxyl groups is 1. The van der Waals surface area contributed by atoms with Crippen LogP contribution in [-0.2, 0) is 34.1 Å². The maximum absolute atomic E-state index is 12.4. The van der Waals surface area contributed by atoms with Crippen molar-refractivity contribution in [2.45, 2.75) is 50.5 Å². The fourth-order valence-electron chi connectivity index (χ4n) is 4.06. The van der Waals surface area contributed by atoms with Crippen LogP contribution < -0.4 is 0 Å². The van der Waals surface area contributed by atoms with E-state index >= 15 is 0 Å². The van der Waals surface area contributed by atoms with E-state index in [1.54, 1.807) is 24.8 Å². The van der Waals surface area contributed by atoms with Gasteiger partial charge in [0.05, 0.1) is 30.4 Å². The van der Waals surface area contributed by atoms with Crippen molar-refractivity contribution in [2.24, 2.45) is 5.92 Å². The summed E-state index contributed by atoms with van der Waals surface area (Å²) in [5.41, 5.74) is 2.06. The molecule has 1 unspecified atom stereocenters. The van der Waals surface area contributed by atoms with E-state index in [0.29, 0.717) is 26.1 Å². The van der Waals surface area contributed by atoms with Crippen LogP contribution in [0.2, 0.25) is 0 Å². The van der Waals surface area contributed by atoms with Crippen molar-refractivity contribution in [3.8, 4) is 0 Å². The molecule has 1 aromatic carbocycles. The molecule has 8 heteroatoms. The van der Waals surface area contributed by atoms with Gasteiger partial charge in [0.1, 0.15) is 0 Å². The van der Waals surface area contributed by atoms with E-state index in [4.69, 9.17) is 4.74 Å². The number of methoxy groups -OCH3 is 1. The number of aliphatic hydroxyl groups excluding tert-OH is 1. The quantitative estimate of drug-likeness (QED) is 0.616. The molecule has 2 heterocycles. The lowest BCUT2D eigenvalue weighted by Crippen LogP contribution is -2.38. The van der Waals surface area contributed by atoms with Crippen LogP contribution in [0.25, 0.3) is 0 Å². The minimum absolute atomic E-state index is 0.0289. The molecule has 1 N–H and O–H groups in total. The fourth-order valence-corrected chi connectivity index (χ4v) is 5.08. The summed E-state index contributed by atoms with van der Waals surface area (Å²) in [6.45, 7) is 4.94. The normalized spacial score (nSPS) is 17.3. The standard InChI is InChI=1S/C22H33N3O4S/c1-3-30(27,28)22-23-16-20(25(22)13-14-29-2)17-24-11-9-19(10-12-24)21(26)15-18-7-5-4-6-8-18/h4-8,16,19,21,26H,3,9-15,17H2,1-2H3. The number of nitrogens with zero attached hydrogens (tertiary/aromatic N) is 3. The van der Waals surface area contributed by atoms with Gasteiger partial charge in [0.2, 0.25) is 15.0 Å². The second-order valence-electron chi connectivity index (χ2n) is 7.95. The van der Waals surface area contributed by atoms with E-state index in [-0.39, 0.29) is 22.9 Å². The molecule has 0 spiro atoms. The highest BCUT2D eigenvalue weighted by atomic mass is 32.2. The molecule has 1 aliphatic rings. The van der Waals surface area contributed by atoms with Crippen LogP contribution >= 0.6 is 0 Å². The van der Waals surface area contributed by atoms with E-state index in [1.165, 1.54) is 5.56 Å². The van der Waals surface area contributed by atoms with Gasteiger partial charge in [-0.05, 0) is 43.8 Å². The van der Waals surface area contributed by atoms with E-state index in [1.807, 2.05) is 18.2 Å². The van der Waals surface area contributed by atoms with E-state index in [2.05, 4.69) is 22.0 Å². The molecule has 1 atom stereocenters. The summed E-state index contributed by atoms with van der Waals surface area (Å²) in [6, 6.07) is 10.1. The average molecular weight is 436 g/mol. The zero-order valence-electron chi connectivity index (χ0n) is 17.9. The van der Waals surface area contributed by atoms with Gasteiger partial charge in [0, 0.05) is 20.2 Å².